The highest BCUT2D eigenvalue weighted by Crippen LogP contribution is 2.19. The van der Waals surface area contributed by atoms with Gasteiger partial charge in [-0.25, -0.2) is 5.43 Å². The molecule has 0 aliphatic carbocycles. The molecule has 0 saturated heterocycles. The molecule has 1 atom stereocenters. The molecule has 0 spiro atoms. The van der Waals surface area contributed by atoms with Crippen LogP contribution in [-0.2, 0) is 4.79 Å². The molecule has 25 heavy (non-hydrogen) atoms. The van der Waals surface area contributed by atoms with Gasteiger partial charge in [-0.2, -0.15) is 5.10 Å². The van der Waals surface area contributed by atoms with E-state index in [1.807, 2.05) is 61.5 Å². The highest BCUT2D eigenvalue weighted by molar-refractivity contribution is 5.88. The molecule has 1 unspecified atom stereocenters. The minimum Gasteiger partial charge on any atom is -0.374 e. The molecule has 0 radical (unpaired) electrons. The summed E-state index contributed by atoms with van der Waals surface area (Å²) < 4.78 is 0. The van der Waals surface area contributed by atoms with E-state index in [0.717, 1.165) is 16.8 Å². The fourth-order valence-corrected chi connectivity index (χ4v) is 2.49. The van der Waals surface area contributed by atoms with Gasteiger partial charge in [0.05, 0.1) is 11.9 Å². The number of anilines is 1. The Morgan fingerprint density at radius 3 is 2.68 bits per heavy atom. The number of nitrogens with zero attached hydrogens (tertiary/aromatic N) is 2. The van der Waals surface area contributed by atoms with Gasteiger partial charge in [-0.15, -0.1) is 0 Å². The van der Waals surface area contributed by atoms with Gasteiger partial charge in [0.15, 0.2) is 0 Å². The van der Waals surface area contributed by atoms with Gasteiger partial charge in [0.25, 0.3) is 5.91 Å². The predicted octanol–water partition coefficient (Wildman–Crippen LogP) is 3.49. The van der Waals surface area contributed by atoms with Crippen LogP contribution >= 0.6 is 0 Å². The van der Waals surface area contributed by atoms with E-state index >= 15 is 0 Å². The zero-order valence-electron chi connectivity index (χ0n) is 14.2. The van der Waals surface area contributed by atoms with Crippen molar-refractivity contribution in [1.82, 2.24) is 10.4 Å². The average Bonchev–Trinajstić information content (AvgIpc) is 2.61. The number of fused-ring (bicyclic) bond motifs is 1. The lowest BCUT2D eigenvalue weighted by atomic mass is 10.1. The van der Waals surface area contributed by atoms with Crippen LogP contribution in [0.1, 0.15) is 18.3 Å². The highest BCUT2D eigenvalue weighted by Gasteiger charge is 2.11. The molecule has 126 valence electrons. The van der Waals surface area contributed by atoms with E-state index in [0.29, 0.717) is 5.69 Å². The number of amides is 1. The Bertz CT molecular complexity index is 920. The minimum absolute atomic E-state index is 0.211. The number of aryl methyl sites for hydroxylation is 1. The SMILES string of the molecule is Cc1cccc(C=NNC(=O)C(C)Nc2ccc3ccccc3c2)n1. The van der Waals surface area contributed by atoms with E-state index in [9.17, 15) is 4.79 Å². The van der Waals surface area contributed by atoms with Gasteiger partial charge in [0, 0.05) is 11.4 Å². The summed E-state index contributed by atoms with van der Waals surface area (Å²) in [6.07, 6.45) is 1.54. The molecule has 0 aliphatic heterocycles. The third kappa shape index (κ3) is 4.41. The molecular formula is C20H20N4O. The van der Waals surface area contributed by atoms with E-state index in [4.69, 9.17) is 0 Å². The fourth-order valence-electron chi connectivity index (χ4n) is 2.49. The second-order valence-corrected chi connectivity index (χ2v) is 5.87. The zero-order chi connectivity index (χ0) is 17.6. The second kappa shape index (κ2) is 7.57. The Kier molecular flexibility index (Phi) is 5.04. The summed E-state index contributed by atoms with van der Waals surface area (Å²) in [5, 5.41) is 9.45. The number of hydrogen-bond donors (Lipinski definition) is 2. The normalized spacial score (nSPS) is 12.2. The van der Waals surface area contributed by atoms with Crippen molar-refractivity contribution < 1.29 is 4.79 Å². The zero-order valence-corrected chi connectivity index (χ0v) is 14.2. The number of carbonyl (C=O) groups is 1. The van der Waals surface area contributed by atoms with Crippen LogP contribution in [0.5, 0.6) is 0 Å². The lowest BCUT2D eigenvalue weighted by Crippen LogP contribution is -2.34. The van der Waals surface area contributed by atoms with Crippen LogP contribution in [0.15, 0.2) is 65.8 Å². The van der Waals surface area contributed by atoms with Gasteiger partial charge in [-0.1, -0.05) is 36.4 Å². The summed E-state index contributed by atoms with van der Waals surface area (Å²) in [5.74, 6) is -0.211. The van der Waals surface area contributed by atoms with Crippen LogP contribution in [0.3, 0.4) is 0 Å². The molecule has 2 N–H and O–H groups in total. The predicted molar refractivity (Wildman–Crippen MR) is 102 cm³/mol. The van der Waals surface area contributed by atoms with E-state index in [2.05, 4.69) is 26.9 Å². The molecule has 3 rings (SSSR count). The first-order valence-corrected chi connectivity index (χ1v) is 8.14. The van der Waals surface area contributed by atoms with Crippen molar-refractivity contribution in [2.24, 2.45) is 5.10 Å². The molecule has 5 heteroatoms. The van der Waals surface area contributed by atoms with Crippen LogP contribution in [0.25, 0.3) is 10.8 Å². The Morgan fingerprint density at radius 2 is 1.88 bits per heavy atom. The number of nitrogens with one attached hydrogen (secondary N) is 2. The molecule has 1 amide bonds. The van der Waals surface area contributed by atoms with Crippen molar-refractivity contribution in [3.05, 3.63) is 72.1 Å². The summed E-state index contributed by atoms with van der Waals surface area (Å²) >= 11 is 0. The number of rotatable bonds is 5. The molecule has 1 aromatic heterocycles. The highest BCUT2D eigenvalue weighted by atomic mass is 16.2. The average molecular weight is 332 g/mol. The van der Waals surface area contributed by atoms with Crippen molar-refractivity contribution in [1.29, 1.82) is 0 Å². The molecular weight excluding hydrogens is 312 g/mol. The number of carbonyl (C=O) groups excluding carboxylic acids is 1. The maximum atomic E-state index is 12.2. The first-order valence-electron chi connectivity index (χ1n) is 8.14. The Hall–Kier alpha value is -3.21. The van der Waals surface area contributed by atoms with Gasteiger partial charge in [-0.3, -0.25) is 9.78 Å². The summed E-state index contributed by atoms with van der Waals surface area (Å²) in [4.78, 5) is 16.5. The smallest absolute Gasteiger partial charge is 0.262 e. The fraction of sp³-hybridized carbons (Fsp3) is 0.150. The van der Waals surface area contributed by atoms with Gasteiger partial charge in [0.1, 0.15) is 6.04 Å². The van der Waals surface area contributed by atoms with Crippen molar-refractivity contribution in [3.63, 3.8) is 0 Å². The quantitative estimate of drug-likeness (QED) is 0.555. The third-order valence-electron chi connectivity index (χ3n) is 3.81. The van der Waals surface area contributed by atoms with Gasteiger partial charge >= 0.3 is 0 Å². The maximum Gasteiger partial charge on any atom is 0.262 e. The number of pyridine rings is 1. The third-order valence-corrected chi connectivity index (χ3v) is 3.81. The number of hydrazone groups is 1. The molecule has 0 aliphatic rings. The standard InChI is InChI=1S/C20H20N4O/c1-14-6-5-9-19(22-14)13-21-24-20(25)15(2)23-18-11-10-16-7-3-4-8-17(16)12-18/h3-13,15,23H,1-2H3,(H,24,25). The lowest BCUT2D eigenvalue weighted by Gasteiger charge is -2.14. The van der Waals surface area contributed by atoms with Crippen molar-refractivity contribution in [2.45, 2.75) is 19.9 Å². The minimum atomic E-state index is -0.413. The molecule has 1 heterocycles. The first kappa shape index (κ1) is 16.6. The van der Waals surface area contributed by atoms with Crippen LogP contribution in [0.2, 0.25) is 0 Å². The largest absolute Gasteiger partial charge is 0.374 e. The first-order chi connectivity index (χ1) is 12.1. The van der Waals surface area contributed by atoms with Gasteiger partial charge < -0.3 is 5.32 Å². The molecule has 5 nitrogen and oxygen atoms in total. The molecule has 0 saturated carbocycles. The monoisotopic (exact) mass is 332 g/mol. The van der Waals surface area contributed by atoms with Crippen LogP contribution in [0, 0.1) is 6.92 Å². The summed E-state index contributed by atoms with van der Waals surface area (Å²) in [6, 6.07) is 19.4. The Balaban J connectivity index is 1.59. The van der Waals surface area contributed by atoms with E-state index in [1.54, 1.807) is 6.92 Å². The van der Waals surface area contributed by atoms with E-state index in [-0.39, 0.29) is 5.91 Å². The second-order valence-electron chi connectivity index (χ2n) is 5.87. The summed E-state index contributed by atoms with van der Waals surface area (Å²) in [5.41, 5.74) is 5.04. The van der Waals surface area contributed by atoms with Crippen LogP contribution in [0.4, 0.5) is 5.69 Å². The van der Waals surface area contributed by atoms with Crippen molar-refractivity contribution >= 4 is 28.6 Å². The Labute approximate surface area is 146 Å². The molecule has 3 aromatic rings. The Morgan fingerprint density at radius 1 is 1.08 bits per heavy atom. The van der Waals surface area contributed by atoms with Crippen LogP contribution < -0.4 is 10.7 Å². The molecule has 0 bridgehead atoms. The van der Waals surface area contributed by atoms with E-state index < -0.39 is 6.04 Å². The van der Waals surface area contributed by atoms with Crippen molar-refractivity contribution in [2.75, 3.05) is 5.32 Å². The number of hydrogen-bond acceptors (Lipinski definition) is 4. The summed E-state index contributed by atoms with van der Waals surface area (Å²) in [6.45, 7) is 3.70. The van der Waals surface area contributed by atoms with E-state index in [1.165, 1.54) is 11.6 Å². The maximum absolute atomic E-state index is 12.2. The van der Waals surface area contributed by atoms with Crippen LogP contribution in [-0.4, -0.2) is 23.1 Å². The number of aromatic nitrogens is 1. The number of benzene rings is 2. The van der Waals surface area contributed by atoms with Gasteiger partial charge in [0.2, 0.25) is 0 Å². The lowest BCUT2D eigenvalue weighted by molar-refractivity contribution is -0.121. The topological polar surface area (TPSA) is 66.4 Å². The van der Waals surface area contributed by atoms with Crippen molar-refractivity contribution in [3.8, 4) is 0 Å². The summed E-state index contributed by atoms with van der Waals surface area (Å²) in [7, 11) is 0. The van der Waals surface area contributed by atoms with Gasteiger partial charge in [-0.05, 0) is 48.9 Å². The molecule has 2 aromatic carbocycles. The molecule has 0 fully saturated rings.